The number of rotatable bonds is 5. The lowest BCUT2D eigenvalue weighted by Gasteiger charge is -2.41. The van der Waals surface area contributed by atoms with E-state index < -0.39 is 17.9 Å². The zero-order chi connectivity index (χ0) is 25.9. The zero-order valence-corrected chi connectivity index (χ0v) is 21.2. The van der Waals surface area contributed by atoms with Crippen molar-refractivity contribution in [2.75, 3.05) is 44.7 Å². The molecule has 0 unspecified atom stereocenters. The molecular weight excluding hydrogens is 470 g/mol. The Bertz CT molecular complexity index is 1260. The molecule has 2 amide bonds. The van der Waals surface area contributed by atoms with Crippen molar-refractivity contribution < 1.29 is 19.5 Å². The molecule has 9 heteroatoms. The van der Waals surface area contributed by atoms with Gasteiger partial charge >= 0.3 is 0 Å². The lowest BCUT2D eigenvalue weighted by molar-refractivity contribution is -0.169. The number of nitrogens with zero attached hydrogens (tertiary/aromatic N) is 4. The molecule has 2 saturated heterocycles. The Morgan fingerprint density at radius 1 is 1.05 bits per heavy atom. The molecule has 2 aliphatic heterocycles. The largest absolute Gasteiger partial charge is 0.488 e. The molecule has 2 aromatic carbocycles. The van der Waals surface area contributed by atoms with E-state index in [0.717, 1.165) is 35.4 Å². The molecule has 0 radical (unpaired) electrons. The SMILES string of the molecule is Cc1cc(O[C@@H]2CN[C@H](C(=O)N3CCN(c4ccccc4)CC3)[C@@H](C(=O)N(C)O)C2)c2ccccc2n1. The number of anilines is 1. The molecule has 3 heterocycles. The van der Waals surface area contributed by atoms with Crippen molar-refractivity contribution in [1.29, 1.82) is 0 Å². The number of aromatic nitrogens is 1. The number of pyridine rings is 1. The first-order valence-corrected chi connectivity index (χ1v) is 12.7. The maximum atomic E-state index is 13.6. The molecule has 2 fully saturated rings. The lowest BCUT2D eigenvalue weighted by Crippen LogP contribution is -2.62. The molecule has 2 N–H and O–H groups in total. The van der Waals surface area contributed by atoms with Crippen LogP contribution in [0, 0.1) is 12.8 Å². The van der Waals surface area contributed by atoms with E-state index in [-0.39, 0.29) is 12.0 Å². The minimum atomic E-state index is -0.748. The molecule has 3 aromatic rings. The lowest BCUT2D eigenvalue weighted by atomic mass is 9.87. The van der Waals surface area contributed by atoms with Gasteiger partial charge in [-0.2, -0.15) is 0 Å². The van der Waals surface area contributed by atoms with E-state index in [2.05, 4.69) is 27.3 Å². The Kier molecular flexibility index (Phi) is 7.25. The Labute approximate surface area is 216 Å². The zero-order valence-electron chi connectivity index (χ0n) is 21.2. The van der Waals surface area contributed by atoms with Crippen molar-refractivity contribution in [2.24, 2.45) is 5.92 Å². The van der Waals surface area contributed by atoms with Gasteiger partial charge in [-0.15, -0.1) is 0 Å². The number of hydrogen-bond acceptors (Lipinski definition) is 7. The molecule has 0 bridgehead atoms. The molecular formula is C28H33N5O4. The molecule has 2 aliphatic rings. The molecule has 0 saturated carbocycles. The Morgan fingerprint density at radius 3 is 2.49 bits per heavy atom. The van der Waals surface area contributed by atoms with Crippen LogP contribution in [0.4, 0.5) is 5.69 Å². The topological polar surface area (TPSA) is 98.2 Å². The maximum Gasteiger partial charge on any atom is 0.251 e. The van der Waals surface area contributed by atoms with Gasteiger partial charge in [0.2, 0.25) is 5.91 Å². The van der Waals surface area contributed by atoms with Gasteiger partial charge in [0.25, 0.3) is 5.91 Å². The summed E-state index contributed by atoms with van der Waals surface area (Å²) in [6.45, 7) is 4.92. The number of aryl methyl sites for hydroxylation is 1. The fourth-order valence-corrected chi connectivity index (χ4v) is 5.30. The van der Waals surface area contributed by atoms with Crippen molar-refractivity contribution in [1.82, 2.24) is 20.3 Å². The average Bonchev–Trinajstić information content (AvgIpc) is 2.92. The molecule has 9 nitrogen and oxygen atoms in total. The minimum Gasteiger partial charge on any atom is -0.488 e. The smallest absolute Gasteiger partial charge is 0.251 e. The first-order valence-electron chi connectivity index (χ1n) is 12.7. The van der Waals surface area contributed by atoms with Crippen LogP contribution in [0.5, 0.6) is 5.75 Å². The monoisotopic (exact) mass is 503 g/mol. The first-order chi connectivity index (χ1) is 17.9. The molecule has 5 rings (SSSR count). The summed E-state index contributed by atoms with van der Waals surface area (Å²) in [4.78, 5) is 35.2. The number of fused-ring (bicyclic) bond motifs is 1. The van der Waals surface area contributed by atoms with Gasteiger partial charge in [-0.1, -0.05) is 30.3 Å². The molecule has 1 aromatic heterocycles. The van der Waals surface area contributed by atoms with Crippen LogP contribution in [0.25, 0.3) is 10.9 Å². The maximum absolute atomic E-state index is 13.6. The van der Waals surface area contributed by atoms with Gasteiger partial charge in [0.1, 0.15) is 11.9 Å². The number of carbonyl (C=O) groups is 2. The summed E-state index contributed by atoms with van der Waals surface area (Å²) < 4.78 is 6.36. The number of para-hydroxylation sites is 2. The van der Waals surface area contributed by atoms with Crippen LogP contribution in [-0.2, 0) is 9.59 Å². The fraction of sp³-hybridized carbons (Fsp3) is 0.393. The van der Waals surface area contributed by atoms with Crippen LogP contribution in [0.2, 0.25) is 0 Å². The number of piperazine rings is 1. The van der Waals surface area contributed by atoms with Gasteiger partial charge in [0, 0.05) is 62.6 Å². The predicted molar refractivity (Wildman–Crippen MR) is 141 cm³/mol. The van der Waals surface area contributed by atoms with Gasteiger partial charge in [0.05, 0.1) is 17.5 Å². The van der Waals surface area contributed by atoms with E-state index >= 15 is 0 Å². The van der Waals surface area contributed by atoms with E-state index in [1.54, 1.807) is 0 Å². The highest BCUT2D eigenvalue weighted by atomic mass is 16.5. The number of nitrogens with one attached hydrogen (secondary N) is 1. The first kappa shape index (κ1) is 25.0. The van der Waals surface area contributed by atoms with Gasteiger partial charge < -0.3 is 19.9 Å². The summed E-state index contributed by atoms with van der Waals surface area (Å²) in [5.41, 5.74) is 2.81. The third-order valence-corrected chi connectivity index (χ3v) is 7.20. The highest BCUT2D eigenvalue weighted by Gasteiger charge is 2.43. The van der Waals surface area contributed by atoms with Crippen molar-refractivity contribution >= 4 is 28.4 Å². The second-order valence-corrected chi connectivity index (χ2v) is 9.76. The standard InChI is InChI=1S/C28H33N5O4/c1-19-16-25(22-10-6-7-11-24(22)30-19)37-21-17-23(27(34)31(2)36)26(29-18-21)28(35)33-14-12-32(13-15-33)20-8-4-3-5-9-20/h3-11,16,21,23,26,29,36H,12-15,17-18H2,1-2H3/t21-,23-,26-/m0/s1. The van der Waals surface area contributed by atoms with Crippen LogP contribution in [0.3, 0.4) is 0 Å². The quantitative estimate of drug-likeness (QED) is 0.408. The molecule has 194 valence electrons. The molecule has 37 heavy (non-hydrogen) atoms. The highest BCUT2D eigenvalue weighted by molar-refractivity contribution is 5.90. The Morgan fingerprint density at radius 2 is 1.76 bits per heavy atom. The minimum absolute atomic E-state index is 0.114. The number of carbonyl (C=O) groups excluding carboxylic acids is 2. The van der Waals surface area contributed by atoms with E-state index in [1.807, 2.05) is 60.4 Å². The summed E-state index contributed by atoms with van der Waals surface area (Å²) >= 11 is 0. The highest BCUT2D eigenvalue weighted by Crippen LogP contribution is 2.30. The van der Waals surface area contributed by atoms with Gasteiger partial charge in [0.15, 0.2) is 0 Å². The van der Waals surface area contributed by atoms with E-state index in [0.29, 0.717) is 36.9 Å². The molecule has 3 atom stereocenters. The summed E-state index contributed by atoms with van der Waals surface area (Å²) in [5.74, 6) is -0.669. The Hall–Kier alpha value is -3.69. The number of ether oxygens (including phenoxy) is 1. The average molecular weight is 504 g/mol. The van der Waals surface area contributed by atoms with E-state index in [4.69, 9.17) is 4.74 Å². The van der Waals surface area contributed by atoms with Crippen LogP contribution >= 0.6 is 0 Å². The van der Waals surface area contributed by atoms with Crippen LogP contribution in [-0.4, -0.2) is 83.9 Å². The number of hydrogen-bond donors (Lipinski definition) is 2. The number of amides is 2. The normalized spacial score (nSPS) is 22.1. The number of hydroxylamine groups is 2. The van der Waals surface area contributed by atoms with Crippen LogP contribution in [0.1, 0.15) is 12.1 Å². The van der Waals surface area contributed by atoms with Gasteiger partial charge in [-0.05, 0) is 37.6 Å². The fourth-order valence-electron chi connectivity index (χ4n) is 5.30. The van der Waals surface area contributed by atoms with Crippen LogP contribution < -0.4 is 15.0 Å². The Balaban J connectivity index is 1.29. The van der Waals surface area contributed by atoms with Gasteiger partial charge in [-0.25, -0.2) is 5.06 Å². The number of piperidine rings is 1. The molecule has 0 spiro atoms. The third kappa shape index (κ3) is 5.38. The second-order valence-electron chi connectivity index (χ2n) is 9.76. The summed E-state index contributed by atoms with van der Waals surface area (Å²) in [7, 11) is 1.30. The summed E-state index contributed by atoms with van der Waals surface area (Å²) in [6, 6.07) is 19.1. The second kappa shape index (κ2) is 10.7. The summed E-state index contributed by atoms with van der Waals surface area (Å²) in [6.07, 6.45) is -0.0367. The third-order valence-electron chi connectivity index (χ3n) is 7.20. The van der Waals surface area contributed by atoms with Crippen molar-refractivity contribution in [3.05, 3.63) is 66.4 Å². The summed E-state index contributed by atoms with van der Waals surface area (Å²) in [5, 5.41) is 14.7. The van der Waals surface area contributed by atoms with Crippen molar-refractivity contribution in [2.45, 2.75) is 25.5 Å². The van der Waals surface area contributed by atoms with Crippen molar-refractivity contribution in [3.63, 3.8) is 0 Å². The van der Waals surface area contributed by atoms with Gasteiger partial charge in [-0.3, -0.25) is 19.8 Å². The number of benzene rings is 2. The molecule has 0 aliphatic carbocycles. The van der Waals surface area contributed by atoms with Crippen molar-refractivity contribution in [3.8, 4) is 5.75 Å². The predicted octanol–water partition coefficient (Wildman–Crippen LogP) is 2.47. The van der Waals surface area contributed by atoms with Crippen LogP contribution in [0.15, 0.2) is 60.7 Å². The van der Waals surface area contributed by atoms with E-state index in [1.165, 1.54) is 7.05 Å². The van der Waals surface area contributed by atoms with E-state index in [9.17, 15) is 14.8 Å².